The van der Waals surface area contributed by atoms with Crippen molar-refractivity contribution in [2.24, 2.45) is 0 Å². The van der Waals surface area contributed by atoms with Crippen LogP contribution in [-0.2, 0) is 14.3 Å². The summed E-state index contributed by atoms with van der Waals surface area (Å²) < 4.78 is 5.33. The predicted molar refractivity (Wildman–Crippen MR) is 134 cm³/mol. The predicted octanol–water partition coefficient (Wildman–Crippen LogP) is 5.03. The van der Waals surface area contributed by atoms with Crippen molar-refractivity contribution in [3.63, 3.8) is 0 Å². The summed E-state index contributed by atoms with van der Waals surface area (Å²) in [5.41, 5.74) is 0.398. The zero-order valence-electron chi connectivity index (χ0n) is 22.2. The topological polar surface area (TPSA) is 87.7 Å². The molecule has 1 aliphatic carbocycles. The normalized spacial score (nSPS) is 16.8. The molecule has 2 unspecified atom stereocenters. The van der Waals surface area contributed by atoms with Crippen LogP contribution in [0.5, 0.6) is 0 Å². The smallest absolute Gasteiger partial charge is 0.408 e. The minimum Gasteiger partial charge on any atom is -0.444 e. The lowest BCUT2D eigenvalue weighted by molar-refractivity contribution is -0.148. The lowest BCUT2D eigenvalue weighted by Crippen LogP contribution is -2.58. The number of nitrogens with zero attached hydrogens (tertiary/aromatic N) is 1. The zero-order valence-corrected chi connectivity index (χ0v) is 22.2. The van der Waals surface area contributed by atoms with Gasteiger partial charge in [-0.2, -0.15) is 0 Å². The van der Waals surface area contributed by atoms with Crippen molar-refractivity contribution in [3.8, 4) is 0 Å². The Morgan fingerprint density at radius 1 is 1.03 bits per heavy atom. The largest absolute Gasteiger partial charge is 0.444 e. The first-order valence-corrected chi connectivity index (χ1v) is 12.4. The van der Waals surface area contributed by atoms with Crippen molar-refractivity contribution in [2.45, 2.75) is 117 Å². The maximum Gasteiger partial charge on any atom is 0.408 e. The van der Waals surface area contributed by atoms with Gasteiger partial charge in [0.15, 0.2) is 0 Å². The van der Waals surface area contributed by atoms with Gasteiger partial charge in [0.25, 0.3) is 0 Å². The van der Waals surface area contributed by atoms with Gasteiger partial charge >= 0.3 is 6.09 Å². The van der Waals surface area contributed by atoms with E-state index in [1.165, 1.54) is 6.42 Å². The molecule has 0 saturated heterocycles. The van der Waals surface area contributed by atoms with E-state index in [4.69, 9.17) is 4.74 Å². The van der Waals surface area contributed by atoms with Crippen molar-refractivity contribution < 1.29 is 19.1 Å². The Morgan fingerprint density at radius 2 is 1.65 bits per heavy atom. The zero-order chi connectivity index (χ0) is 25.7. The average molecular weight is 474 g/mol. The van der Waals surface area contributed by atoms with E-state index in [0.29, 0.717) is 0 Å². The highest BCUT2D eigenvalue weighted by molar-refractivity contribution is 5.92. The fraction of sp³-hybridized carbons (Fsp3) is 0.667. The van der Waals surface area contributed by atoms with E-state index in [1.807, 2.05) is 52.0 Å². The number of aryl methyl sites for hydroxylation is 1. The van der Waals surface area contributed by atoms with E-state index in [9.17, 15) is 14.4 Å². The lowest BCUT2D eigenvalue weighted by Gasteiger charge is -2.43. The number of hydrogen-bond donors (Lipinski definition) is 2. The molecule has 7 nitrogen and oxygen atoms in total. The fourth-order valence-corrected chi connectivity index (χ4v) is 4.38. The van der Waals surface area contributed by atoms with Gasteiger partial charge < -0.3 is 20.3 Å². The molecule has 0 aliphatic heterocycles. The standard InChI is InChI=1S/C27H43N3O4/c1-18-13-12-14-20(17-18)22(23(31)29-21-15-10-9-11-16-21)30(26(3,4)5)24(32)19(2)28-25(33)34-27(6,7)8/h12-14,17,19,21-22H,9-11,15-16H2,1-8H3,(H,28,33)(H,29,31). The van der Waals surface area contributed by atoms with Gasteiger partial charge in [-0.25, -0.2) is 4.79 Å². The van der Waals surface area contributed by atoms with Gasteiger partial charge in [0, 0.05) is 11.6 Å². The highest BCUT2D eigenvalue weighted by atomic mass is 16.6. The molecular formula is C27H43N3O4. The van der Waals surface area contributed by atoms with Crippen LogP contribution in [0, 0.1) is 6.92 Å². The van der Waals surface area contributed by atoms with Crippen LogP contribution >= 0.6 is 0 Å². The van der Waals surface area contributed by atoms with Crippen LogP contribution < -0.4 is 10.6 Å². The van der Waals surface area contributed by atoms with Crippen molar-refractivity contribution in [1.82, 2.24) is 15.5 Å². The van der Waals surface area contributed by atoms with Gasteiger partial charge in [-0.05, 0) is 73.8 Å². The molecule has 0 radical (unpaired) electrons. The summed E-state index contributed by atoms with van der Waals surface area (Å²) in [7, 11) is 0. The number of rotatable bonds is 6. The number of alkyl carbamates (subject to hydrolysis) is 1. The Hall–Kier alpha value is -2.57. The monoisotopic (exact) mass is 473 g/mol. The molecule has 1 fully saturated rings. The molecule has 0 heterocycles. The van der Waals surface area contributed by atoms with E-state index in [0.717, 1.165) is 36.8 Å². The summed E-state index contributed by atoms with van der Waals surface area (Å²) in [6, 6.07) is 6.12. The van der Waals surface area contributed by atoms with E-state index >= 15 is 0 Å². The summed E-state index contributed by atoms with van der Waals surface area (Å²) in [6.45, 7) is 14.6. The van der Waals surface area contributed by atoms with Crippen LogP contribution in [0.1, 0.15) is 97.7 Å². The molecule has 190 valence electrons. The molecule has 0 bridgehead atoms. The maximum absolute atomic E-state index is 13.8. The number of amides is 3. The van der Waals surface area contributed by atoms with Crippen molar-refractivity contribution in [3.05, 3.63) is 35.4 Å². The lowest BCUT2D eigenvalue weighted by atomic mass is 9.92. The molecule has 3 amide bonds. The molecule has 7 heteroatoms. The van der Waals surface area contributed by atoms with Gasteiger partial charge in [0.2, 0.25) is 11.8 Å². The summed E-state index contributed by atoms with van der Waals surface area (Å²) in [6.07, 6.45) is 4.62. The first kappa shape index (κ1) is 27.7. The third kappa shape index (κ3) is 8.03. The van der Waals surface area contributed by atoms with Gasteiger partial charge in [0.05, 0.1) is 0 Å². The molecule has 1 saturated carbocycles. The van der Waals surface area contributed by atoms with Crippen molar-refractivity contribution in [1.29, 1.82) is 0 Å². The van der Waals surface area contributed by atoms with Crippen LogP contribution in [0.4, 0.5) is 4.79 Å². The second-order valence-corrected chi connectivity index (χ2v) is 11.4. The molecule has 2 atom stereocenters. The molecule has 34 heavy (non-hydrogen) atoms. The first-order chi connectivity index (χ1) is 15.7. The van der Waals surface area contributed by atoms with Crippen LogP contribution in [0.2, 0.25) is 0 Å². The van der Waals surface area contributed by atoms with Crippen LogP contribution in [0.15, 0.2) is 24.3 Å². The van der Waals surface area contributed by atoms with Gasteiger partial charge in [-0.15, -0.1) is 0 Å². The van der Waals surface area contributed by atoms with Crippen molar-refractivity contribution >= 4 is 17.9 Å². The van der Waals surface area contributed by atoms with Gasteiger partial charge in [-0.1, -0.05) is 49.1 Å². The van der Waals surface area contributed by atoms with Crippen LogP contribution in [-0.4, -0.2) is 46.0 Å². The molecule has 0 spiro atoms. The molecule has 2 rings (SSSR count). The molecule has 1 aromatic rings. The summed E-state index contributed by atoms with van der Waals surface area (Å²) >= 11 is 0. The van der Waals surface area contributed by atoms with Gasteiger partial charge in [-0.3, -0.25) is 9.59 Å². The molecule has 2 N–H and O–H groups in total. The van der Waals surface area contributed by atoms with E-state index < -0.39 is 29.3 Å². The SMILES string of the molecule is Cc1cccc(C(C(=O)NC2CCCCC2)N(C(=O)C(C)NC(=O)OC(C)(C)C)C(C)(C)C)c1. The summed E-state index contributed by atoms with van der Waals surface area (Å²) in [5, 5.41) is 5.85. The third-order valence-corrected chi connectivity index (χ3v) is 5.88. The highest BCUT2D eigenvalue weighted by Crippen LogP contribution is 2.31. The van der Waals surface area contributed by atoms with E-state index in [1.54, 1.807) is 32.6 Å². The molecular weight excluding hydrogens is 430 g/mol. The molecule has 0 aromatic heterocycles. The number of nitrogens with one attached hydrogen (secondary N) is 2. The molecule has 1 aromatic carbocycles. The summed E-state index contributed by atoms with van der Waals surface area (Å²) in [4.78, 5) is 41.4. The van der Waals surface area contributed by atoms with E-state index in [-0.39, 0.29) is 17.9 Å². The maximum atomic E-state index is 13.8. The van der Waals surface area contributed by atoms with Crippen LogP contribution in [0.3, 0.4) is 0 Å². The minimum absolute atomic E-state index is 0.114. The third-order valence-electron chi connectivity index (χ3n) is 5.88. The first-order valence-electron chi connectivity index (χ1n) is 12.4. The minimum atomic E-state index is -0.871. The number of carbonyl (C=O) groups is 3. The molecule has 1 aliphatic rings. The number of carbonyl (C=O) groups excluding carboxylic acids is 3. The average Bonchev–Trinajstić information content (AvgIpc) is 2.69. The number of benzene rings is 1. The van der Waals surface area contributed by atoms with Crippen molar-refractivity contribution in [2.75, 3.05) is 0 Å². The highest BCUT2D eigenvalue weighted by Gasteiger charge is 2.41. The number of ether oxygens (including phenoxy) is 1. The number of hydrogen-bond acceptors (Lipinski definition) is 4. The van der Waals surface area contributed by atoms with Crippen LogP contribution in [0.25, 0.3) is 0 Å². The quantitative estimate of drug-likeness (QED) is 0.607. The second-order valence-electron chi connectivity index (χ2n) is 11.4. The summed E-state index contributed by atoms with van der Waals surface area (Å²) in [5.74, 6) is -0.533. The Bertz CT molecular complexity index is 863. The Labute approximate surface area is 205 Å². The Kier molecular flexibility index (Phi) is 9.15. The Balaban J connectivity index is 2.39. The fourth-order valence-electron chi connectivity index (χ4n) is 4.38. The Morgan fingerprint density at radius 3 is 2.18 bits per heavy atom. The second kappa shape index (κ2) is 11.2. The van der Waals surface area contributed by atoms with E-state index in [2.05, 4.69) is 10.6 Å². The van der Waals surface area contributed by atoms with Gasteiger partial charge in [0.1, 0.15) is 17.7 Å².